The highest BCUT2D eigenvalue weighted by Crippen LogP contribution is 2.03. The molecule has 0 bridgehead atoms. The smallest absolute Gasteiger partial charge is 0.195 e. The second kappa shape index (κ2) is 4.77. The first kappa shape index (κ1) is 9.92. The van der Waals surface area contributed by atoms with Gasteiger partial charge in [0, 0.05) is 5.56 Å². The number of ketones is 1. The van der Waals surface area contributed by atoms with Gasteiger partial charge in [0.15, 0.2) is 11.5 Å². The summed E-state index contributed by atoms with van der Waals surface area (Å²) < 4.78 is 0. The van der Waals surface area contributed by atoms with Gasteiger partial charge in [-0.2, -0.15) is 0 Å². The molecule has 1 aromatic carbocycles. The van der Waals surface area contributed by atoms with Crippen LogP contribution in [0.1, 0.15) is 5.56 Å². The molecule has 4 heteroatoms. The zero-order valence-corrected chi connectivity index (χ0v) is 8.36. The van der Waals surface area contributed by atoms with E-state index in [0.29, 0.717) is 5.56 Å². The summed E-state index contributed by atoms with van der Waals surface area (Å²) in [6, 6.07) is 8.83. The minimum Gasteiger partial charge on any atom is -0.410 e. The molecule has 0 aliphatic rings. The number of hydrogen-bond donors (Lipinski definition) is 1. The van der Waals surface area contributed by atoms with Crippen LogP contribution < -0.4 is 0 Å². The van der Waals surface area contributed by atoms with Gasteiger partial charge in [0.05, 0.1) is 5.33 Å². The Morgan fingerprint density at radius 2 is 2.00 bits per heavy atom. The van der Waals surface area contributed by atoms with Crippen LogP contribution in [0, 0.1) is 0 Å². The third-order valence-corrected chi connectivity index (χ3v) is 2.04. The van der Waals surface area contributed by atoms with Crippen molar-refractivity contribution < 1.29 is 10.0 Å². The minimum atomic E-state index is -0.242. The number of alkyl halides is 1. The number of nitrogens with zero attached hydrogens (tertiary/aromatic N) is 1. The molecule has 0 aliphatic carbocycles. The quantitative estimate of drug-likeness (QED) is 0.380. The second-order valence-electron chi connectivity index (χ2n) is 2.37. The lowest BCUT2D eigenvalue weighted by Crippen LogP contribution is -2.16. The van der Waals surface area contributed by atoms with Crippen LogP contribution in [0.3, 0.4) is 0 Å². The van der Waals surface area contributed by atoms with E-state index in [-0.39, 0.29) is 16.8 Å². The predicted octanol–water partition coefficient (Wildman–Crippen LogP) is 1.83. The summed E-state index contributed by atoms with van der Waals surface area (Å²) in [6.45, 7) is 0. The maximum absolute atomic E-state index is 11.2. The van der Waals surface area contributed by atoms with E-state index in [2.05, 4.69) is 21.1 Å². The van der Waals surface area contributed by atoms with Crippen LogP contribution >= 0.6 is 15.9 Å². The summed E-state index contributed by atoms with van der Waals surface area (Å²) in [5, 5.41) is 11.7. The van der Waals surface area contributed by atoms with Crippen LogP contribution in [0.15, 0.2) is 35.5 Å². The van der Waals surface area contributed by atoms with Crippen LogP contribution in [0.2, 0.25) is 0 Å². The Kier molecular flexibility index (Phi) is 3.64. The fourth-order valence-electron chi connectivity index (χ4n) is 0.934. The number of hydrogen-bond acceptors (Lipinski definition) is 3. The minimum absolute atomic E-state index is 0.0810. The van der Waals surface area contributed by atoms with Crippen molar-refractivity contribution in [3.63, 3.8) is 0 Å². The van der Waals surface area contributed by atoms with Gasteiger partial charge in [0.25, 0.3) is 0 Å². The van der Waals surface area contributed by atoms with Crippen LogP contribution in [0.25, 0.3) is 0 Å². The van der Waals surface area contributed by atoms with Gasteiger partial charge < -0.3 is 5.21 Å². The molecule has 1 aromatic rings. The zero-order valence-electron chi connectivity index (χ0n) is 6.77. The highest BCUT2D eigenvalue weighted by atomic mass is 79.9. The SMILES string of the molecule is O=C(CBr)C(=NO)c1ccccc1. The maximum Gasteiger partial charge on any atom is 0.195 e. The van der Waals surface area contributed by atoms with Crippen LogP contribution in [-0.2, 0) is 4.79 Å². The van der Waals surface area contributed by atoms with Gasteiger partial charge in [-0.3, -0.25) is 4.79 Å². The predicted molar refractivity (Wildman–Crippen MR) is 53.6 cm³/mol. The average molecular weight is 242 g/mol. The van der Waals surface area contributed by atoms with Crippen molar-refractivity contribution in [2.45, 2.75) is 0 Å². The topological polar surface area (TPSA) is 49.7 Å². The molecule has 0 unspecified atom stereocenters. The summed E-state index contributed by atoms with van der Waals surface area (Å²) in [7, 11) is 0. The molecule has 0 radical (unpaired) electrons. The van der Waals surface area contributed by atoms with Crippen molar-refractivity contribution >= 4 is 27.4 Å². The Bertz CT molecular complexity index is 322. The third-order valence-electron chi connectivity index (χ3n) is 1.53. The normalized spacial score (nSPS) is 11.3. The first-order valence-electron chi connectivity index (χ1n) is 3.66. The first-order chi connectivity index (χ1) is 6.29. The number of Topliss-reactive ketones (excluding diaryl/α,β-unsaturated/α-hetero) is 1. The molecule has 1 N–H and O–H groups in total. The van der Waals surface area contributed by atoms with E-state index >= 15 is 0 Å². The molecule has 0 spiro atoms. The van der Waals surface area contributed by atoms with Gasteiger partial charge in [-0.15, -0.1) is 0 Å². The number of benzene rings is 1. The molecule has 0 aliphatic heterocycles. The number of halogens is 1. The Hall–Kier alpha value is -1.16. The van der Waals surface area contributed by atoms with Crippen molar-refractivity contribution in [1.82, 2.24) is 0 Å². The Morgan fingerprint density at radius 3 is 2.46 bits per heavy atom. The van der Waals surface area contributed by atoms with Gasteiger partial charge in [-0.05, 0) is 0 Å². The Morgan fingerprint density at radius 1 is 1.38 bits per heavy atom. The van der Waals surface area contributed by atoms with E-state index in [1.807, 2.05) is 6.07 Å². The molecule has 0 aromatic heterocycles. The lowest BCUT2D eigenvalue weighted by atomic mass is 10.1. The fraction of sp³-hybridized carbons (Fsp3) is 0.111. The van der Waals surface area contributed by atoms with Gasteiger partial charge in [-0.25, -0.2) is 0 Å². The van der Waals surface area contributed by atoms with E-state index in [1.165, 1.54) is 0 Å². The number of carbonyl (C=O) groups excluding carboxylic acids is 1. The molecule has 0 fully saturated rings. The Balaban J connectivity index is 3.00. The summed E-state index contributed by atoms with van der Waals surface area (Å²) in [4.78, 5) is 11.2. The van der Waals surface area contributed by atoms with Gasteiger partial charge in [0.2, 0.25) is 0 Å². The van der Waals surface area contributed by atoms with Crippen molar-refractivity contribution in [3.05, 3.63) is 35.9 Å². The molecule has 0 atom stereocenters. The summed E-state index contributed by atoms with van der Waals surface area (Å²) >= 11 is 3.01. The maximum atomic E-state index is 11.2. The Labute approximate surface area is 84.2 Å². The molecule has 13 heavy (non-hydrogen) atoms. The average Bonchev–Trinajstić information content (AvgIpc) is 2.20. The van der Waals surface area contributed by atoms with Crippen molar-refractivity contribution in [3.8, 4) is 0 Å². The van der Waals surface area contributed by atoms with Crippen molar-refractivity contribution in [2.75, 3.05) is 5.33 Å². The molecule has 3 nitrogen and oxygen atoms in total. The van der Waals surface area contributed by atoms with E-state index in [4.69, 9.17) is 5.21 Å². The lowest BCUT2D eigenvalue weighted by molar-refractivity contribution is -0.110. The van der Waals surface area contributed by atoms with Gasteiger partial charge >= 0.3 is 0 Å². The number of rotatable bonds is 3. The number of oxime groups is 1. The highest BCUT2D eigenvalue weighted by Gasteiger charge is 2.12. The van der Waals surface area contributed by atoms with Gasteiger partial charge in [0.1, 0.15) is 0 Å². The van der Waals surface area contributed by atoms with E-state index in [1.54, 1.807) is 24.3 Å². The molecule has 0 saturated carbocycles. The van der Waals surface area contributed by atoms with Crippen LogP contribution in [0.5, 0.6) is 0 Å². The van der Waals surface area contributed by atoms with E-state index in [9.17, 15) is 4.79 Å². The molecule has 68 valence electrons. The number of carbonyl (C=O) groups is 1. The molecule has 0 saturated heterocycles. The zero-order chi connectivity index (χ0) is 9.68. The van der Waals surface area contributed by atoms with Crippen LogP contribution in [0.4, 0.5) is 0 Å². The second-order valence-corrected chi connectivity index (χ2v) is 2.93. The molecule has 0 heterocycles. The molecule has 0 amide bonds. The largest absolute Gasteiger partial charge is 0.410 e. The standard InChI is InChI=1S/C9H8BrNO2/c10-6-8(12)9(11-13)7-4-2-1-3-5-7/h1-5,13H,6H2. The molecular formula is C9H8BrNO2. The first-order valence-corrected chi connectivity index (χ1v) is 4.78. The summed E-state index contributed by atoms with van der Waals surface area (Å²) in [5.74, 6) is -0.242. The highest BCUT2D eigenvalue weighted by molar-refractivity contribution is 9.09. The monoisotopic (exact) mass is 241 g/mol. The summed E-state index contributed by atoms with van der Waals surface area (Å²) in [5.41, 5.74) is 0.701. The van der Waals surface area contributed by atoms with E-state index in [0.717, 1.165) is 0 Å². The van der Waals surface area contributed by atoms with Gasteiger partial charge in [-0.1, -0.05) is 51.4 Å². The van der Waals surface area contributed by atoms with Crippen molar-refractivity contribution in [1.29, 1.82) is 0 Å². The fourth-order valence-corrected chi connectivity index (χ4v) is 1.20. The summed E-state index contributed by atoms with van der Waals surface area (Å²) in [6.07, 6.45) is 0. The lowest BCUT2D eigenvalue weighted by Gasteiger charge is -1.99. The third kappa shape index (κ3) is 2.39. The van der Waals surface area contributed by atoms with Crippen LogP contribution in [-0.4, -0.2) is 22.0 Å². The van der Waals surface area contributed by atoms with E-state index < -0.39 is 0 Å². The molecular weight excluding hydrogens is 234 g/mol. The molecule has 1 rings (SSSR count). The van der Waals surface area contributed by atoms with Crippen molar-refractivity contribution in [2.24, 2.45) is 5.16 Å².